The Balaban J connectivity index is 2.34. The SMILES string of the molecule is CCCN1C(=O)C(C(C)(C)C)NC(=O)C1(C)C1CC1. The van der Waals surface area contributed by atoms with Crippen molar-refractivity contribution in [1.82, 2.24) is 10.2 Å². The van der Waals surface area contributed by atoms with E-state index < -0.39 is 11.6 Å². The first kappa shape index (κ1) is 14.4. The molecule has 1 N–H and O–H groups in total. The maximum absolute atomic E-state index is 12.8. The molecule has 2 aliphatic rings. The predicted octanol–water partition coefficient (Wildman–Crippen LogP) is 1.94. The highest BCUT2D eigenvalue weighted by Crippen LogP contribution is 2.45. The fourth-order valence-electron chi connectivity index (χ4n) is 3.05. The molecule has 2 rings (SSSR count). The van der Waals surface area contributed by atoms with Crippen molar-refractivity contribution < 1.29 is 9.59 Å². The molecule has 2 amide bonds. The smallest absolute Gasteiger partial charge is 0.246 e. The van der Waals surface area contributed by atoms with E-state index in [1.54, 1.807) is 0 Å². The van der Waals surface area contributed by atoms with E-state index in [2.05, 4.69) is 12.2 Å². The van der Waals surface area contributed by atoms with Gasteiger partial charge >= 0.3 is 0 Å². The van der Waals surface area contributed by atoms with Gasteiger partial charge in [-0.05, 0) is 37.5 Å². The van der Waals surface area contributed by atoms with Gasteiger partial charge in [0.05, 0.1) is 0 Å². The summed E-state index contributed by atoms with van der Waals surface area (Å²) in [5.41, 5.74) is -0.877. The first-order chi connectivity index (χ1) is 8.72. The van der Waals surface area contributed by atoms with Crippen LogP contribution in [0.15, 0.2) is 0 Å². The van der Waals surface area contributed by atoms with Crippen molar-refractivity contribution in [3.8, 4) is 0 Å². The molecule has 2 unspecified atom stereocenters. The molecule has 1 heterocycles. The fourth-order valence-corrected chi connectivity index (χ4v) is 3.05. The largest absolute Gasteiger partial charge is 0.342 e. The van der Waals surface area contributed by atoms with E-state index in [-0.39, 0.29) is 17.2 Å². The number of carbonyl (C=O) groups excluding carboxylic acids is 2. The van der Waals surface area contributed by atoms with Crippen LogP contribution in [0.2, 0.25) is 0 Å². The molecule has 0 bridgehead atoms. The van der Waals surface area contributed by atoms with Crippen LogP contribution in [0.3, 0.4) is 0 Å². The van der Waals surface area contributed by atoms with E-state index in [4.69, 9.17) is 0 Å². The lowest BCUT2D eigenvalue weighted by molar-refractivity contribution is -0.161. The van der Waals surface area contributed by atoms with Crippen molar-refractivity contribution in [2.24, 2.45) is 11.3 Å². The molecule has 1 saturated carbocycles. The molecule has 1 aliphatic carbocycles. The molecule has 19 heavy (non-hydrogen) atoms. The normalized spacial score (nSPS) is 32.5. The van der Waals surface area contributed by atoms with Crippen molar-refractivity contribution in [2.45, 2.75) is 65.5 Å². The Morgan fingerprint density at radius 1 is 1.32 bits per heavy atom. The molecular formula is C15H26N2O2. The van der Waals surface area contributed by atoms with Gasteiger partial charge in [0.2, 0.25) is 11.8 Å². The number of carbonyl (C=O) groups is 2. The second kappa shape index (κ2) is 4.50. The molecule has 2 fully saturated rings. The minimum Gasteiger partial charge on any atom is -0.342 e. The highest BCUT2D eigenvalue weighted by molar-refractivity contribution is 6.00. The van der Waals surface area contributed by atoms with Gasteiger partial charge in [0.15, 0.2) is 0 Å². The number of hydrogen-bond acceptors (Lipinski definition) is 2. The Bertz CT molecular complexity index is 395. The molecule has 0 aromatic rings. The van der Waals surface area contributed by atoms with Crippen molar-refractivity contribution in [2.75, 3.05) is 6.54 Å². The third-order valence-electron chi connectivity index (χ3n) is 4.49. The number of rotatable bonds is 3. The molecule has 0 aromatic carbocycles. The first-order valence-corrected chi connectivity index (χ1v) is 7.35. The van der Waals surface area contributed by atoms with Gasteiger partial charge in [0.25, 0.3) is 0 Å². The van der Waals surface area contributed by atoms with Crippen LogP contribution < -0.4 is 5.32 Å². The maximum Gasteiger partial charge on any atom is 0.246 e. The van der Waals surface area contributed by atoms with Gasteiger partial charge in [-0.15, -0.1) is 0 Å². The van der Waals surface area contributed by atoms with Gasteiger partial charge in [-0.25, -0.2) is 0 Å². The van der Waals surface area contributed by atoms with E-state index in [0.29, 0.717) is 12.5 Å². The molecule has 2 atom stereocenters. The quantitative estimate of drug-likeness (QED) is 0.848. The van der Waals surface area contributed by atoms with Gasteiger partial charge in [0.1, 0.15) is 11.6 Å². The van der Waals surface area contributed by atoms with Crippen LogP contribution in [-0.4, -0.2) is 34.8 Å². The summed E-state index contributed by atoms with van der Waals surface area (Å²) in [6, 6.07) is -0.404. The first-order valence-electron chi connectivity index (χ1n) is 7.35. The lowest BCUT2D eigenvalue weighted by Gasteiger charge is -2.49. The van der Waals surface area contributed by atoms with Crippen LogP contribution in [0, 0.1) is 11.3 Å². The van der Waals surface area contributed by atoms with Crippen LogP contribution in [-0.2, 0) is 9.59 Å². The van der Waals surface area contributed by atoms with Gasteiger partial charge in [-0.2, -0.15) is 0 Å². The van der Waals surface area contributed by atoms with Gasteiger partial charge in [-0.3, -0.25) is 9.59 Å². The van der Waals surface area contributed by atoms with Gasteiger partial charge in [-0.1, -0.05) is 27.7 Å². The zero-order valence-electron chi connectivity index (χ0n) is 12.7. The lowest BCUT2D eigenvalue weighted by Crippen LogP contribution is -2.72. The van der Waals surface area contributed by atoms with Crippen LogP contribution in [0.4, 0.5) is 0 Å². The average molecular weight is 266 g/mol. The summed E-state index contributed by atoms with van der Waals surface area (Å²) in [6.45, 7) is 10.7. The summed E-state index contributed by atoms with van der Waals surface area (Å²) in [5.74, 6) is 0.454. The van der Waals surface area contributed by atoms with Crippen LogP contribution in [0.1, 0.15) is 53.9 Å². The van der Waals surface area contributed by atoms with E-state index in [1.807, 2.05) is 32.6 Å². The van der Waals surface area contributed by atoms with E-state index in [9.17, 15) is 9.59 Å². The minimum atomic E-state index is -0.630. The molecule has 4 nitrogen and oxygen atoms in total. The van der Waals surface area contributed by atoms with Crippen LogP contribution in [0.5, 0.6) is 0 Å². The second-order valence-electron chi connectivity index (χ2n) is 7.18. The van der Waals surface area contributed by atoms with Gasteiger partial charge in [0, 0.05) is 6.54 Å². The number of nitrogens with one attached hydrogen (secondary N) is 1. The standard InChI is InChI=1S/C15H26N2O2/c1-6-9-17-12(18)11(14(2,3)4)16-13(19)15(17,5)10-7-8-10/h10-11H,6-9H2,1-5H3,(H,16,19). The summed E-state index contributed by atoms with van der Waals surface area (Å²) in [6.07, 6.45) is 2.99. The highest BCUT2D eigenvalue weighted by atomic mass is 16.2. The third-order valence-corrected chi connectivity index (χ3v) is 4.49. The van der Waals surface area contributed by atoms with Crippen LogP contribution >= 0.6 is 0 Å². The number of hydrogen-bond donors (Lipinski definition) is 1. The van der Waals surface area contributed by atoms with Gasteiger partial charge < -0.3 is 10.2 Å². The van der Waals surface area contributed by atoms with E-state index >= 15 is 0 Å². The molecular weight excluding hydrogens is 240 g/mol. The highest BCUT2D eigenvalue weighted by Gasteiger charge is 2.58. The average Bonchev–Trinajstić information content (AvgIpc) is 3.12. The maximum atomic E-state index is 12.8. The fraction of sp³-hybridized carbons (Fsp3) is 0.867. The monoisotopic (exact) mass is 266 g/mol. The Hall–Kier alpha value is -1.06. The molecule has 108 valence electrons. The molecule has 0 aromatic heterocycles. The number of nitrogens with zero attached hydrogens (tertiary/aromatic N) is 1. The predicted molar refractivity (Wildman–Crippen MR) is 74.5 cm³/mol. The van der Waals surface area contributed by atoms with Crippen molar-refractivity contribution in [3.05, 3.63) is 0 Å². The minimum absolute atomic E-state index is 0.0305. The number of amides is 2. The van der Waals surface area contributed by atoms with Crippen molar-refractivity contribution in [1.29, 1.82) is 0 Å². The second-order valence-corrected chi connectivity index (χ2v) is 7.18. The van der Waals surface area contributed by atoms with E-state index in [1.165, 1.54) is 0 Å². The topological polar surface area (TPSA) is 49.4 Å². The Labute approximate surface area is 115 Å². The van der Waals surface area contributed by atoms with Crippen molar-refractivity contribution >= 4 is 11.8 Å². The number of piperazine rings is 1. The Kier molecular flexibility index (Phi) is 3.40. The molecule has 1 saturated heterocycles. The molecule has 0 spiro atoms. The zero-order valence-corrected chi connectivity index (χ0v) is 12.7. The molecule has 4 heteroatoms. The third kappa shape index (κ3) is 2.26. The Morgan fingerprint density at radius 2 is 1.89 bits per heavy atom. The summed E-state index contributed by atoms with van der Waals surface area (Å²) >= 11 is 0. The van der Waals surface area contributed by atoms with Crippen LogP contribution in [0.25, 0.3) is 0 Å². The Morgan fingerprint density at radius 3 is 2.32 bits per heavy atom. The lowest BCUT2D eigenvalue weighted by atomic mass is 9.80. The summed E-state index contributed by atoms with van der Waals surface area (Å²) in [4.78, 5) is 27.2. The van der Waals surface area contributed by atoms with E-state index in [0.717, 1.165) is 19.3 Å². The summed E-state index contributed by atoms with van der Waals surface area (Å²) < 4.78 is 0. The molecule has 1 aliphatic heterocycles. The summed E-state index contributed by atoms with van der Waals surface area (Å²) in [5, 5.41) is 2.98. The summed E-state index contributed by atoms with van der Waals surface area (Å²) in [7, 11) is 0. The molecule has 0 radical (unpaired) electrons. The van der Waals surface area contributed by atoms with Crippen molar-refractivity contribution in [3.63, 3.8) is 0 Å². The zero-order chi connectivity index (χ0) is 14.4.